The molecule has 10 heteroatoms. The van der Waals surface area contributed by atoms with Gasteiger partial charge in [0.2, 0.25) is 0 Å². The summed E-state index contributed by atoms with van der Waals surface area (Å²) >= 11 is 0. The van der Waals surface area contributed by atoms with E-state index in [4.69, 9.17) is 18.8 Å². The Morgan fingerprint density at radius 3 is 1.78 bits per heavy atom. The summed E-state index contributed by atoms with van der Waals surface area (Å²) in [5, 5.41) is 17.8. The van der Waals surface area contributed by atoms with Crippen LogP contribution in [-0.2, 0) is 19.7 Å². The summed E-state index contributed by atoms with van der Waals surface area (Å²) < 4.78 is 63.9. The van der Waals surface area contributed by atoms with Gasteiger partial charge in [0.05, 0.1) is 12.9 Å². The lowest BCUT2D eigenvalue weighted by Crippen LogP contribution is -2.29. The van der Waals surface area contributed by atoms with Gasteiger partial charge in [-0.05, 0) is 35.4 Å². The number of hydrogen-bond donors (Lipinski definition) is 2. The van der Waals surface area contributed by atoms with Crippen LogP contribution in [-0.4, -0.2) is 63.3 Å². The van der Waals surface area contributed by atoms with Gasteiger partial charge in [-0.1, -0.05) is 38.1 Å². The van der Waals surface area contributed by atoms with E-state index in [9.17, 15) is 22.3 Å². The lowest BCUT2D eigenvalue weighted by atomic mass is 9.78. The third kappa shape index (κ3) is 7.70. The van der Waals surface area contributed by atoms with E-state index in [1.165, 1.54) is 0 Å². The molecule has 0 spiro atoms. The number of hydrogen-bond acceptors (Lipinski definition) is 7. The molecule has 1 atom stereocenters. The largest absolute Gasteiger partial charge is 0.491 e. The molecule has 0 aliphatic carbocycles. The van der Waals surface area contributed by atoms with Crippen molar-refractivity contribution >= 4 is 10.1 Å². The van der Waals surface area contributed by atoms with Crippen LogP contribution in [0.5, 0.6) is 11.5 Å². The van der Waals surface area contributed by atoms with E-state index in [1.807, 2.05) is 26.0 Å². The zero-order valence-electron chi connectivity index (χ0n) is 18.1. The zero-order valence-corrected chi connectivity index (χ0v) is 18.9. The molecule has 2 N–H and O–H groups in total. The van der Waals surface area contributed by atoms with E-state index in [1.54, 1.807) is 36.4 Å². The first-order valence-electron chi connectivity index (χ1n) is 9.81. The van der Waals surface area contributed by atoms with Crippen LogP contribution >= 0.6 is 0 Å². The summed E-state index contributed by atoms with van der Waals surface area (Å²) in [5.74, 6) is -2.54. The van der Waals surface area contributed by atoms with Crippen LogP contribution in [0.4, 0.5) is 8.78 Å². The fourth-order valence-corrected chi connectivity index (χ4v) is 3.49. The van der Waals surface area contributed by atoms with E-state index in [2.05, 4.69) is 0 Å². The minimum absolute atomic E-state index is 0.136. The monoisotopic (exact) mass is 474 g/mol. The van der Waals surface area contributed by atoms with Crippen molar-refractivity contribution in [1.82, 2.24) is 0 Å². The Morgan fingerprint density at radius 2 is 1.38 bits per heavy atom. The molecule has 0 saturated heterocycles. The van der Waals surface area contributed by atoms with E-state index >= 15 is 0 Å². The molecular weight excluding hydrogens is 446 g/mol. The summed E-state index contributed by atoms with van der Waals surface area (Å²) in [7, 11) is -3.71. The summed E-state index contributed by atoms with van der Waals surface area (Å²) in [6.07, 6.45) is -0.102. The average Bonchev–Trinajstić information content (AvgIpc) is 2.75. The molecular formula is C22H28F2O7S. The lowest BCUT2D eigenvalue weighted by Gasteiger charge is -2.26. The SMILES string of the molecule is CC(C)(c1ccc(OCC(CO)OS(C)(=O)=O)cc1)c1ccc(OCC(F)(F)CO)cc1. The van der Waals surface area contributed by atoms with Gasteiger partial charge in [-0.15, -0.1) is 0 Å². The quantitative estimate of drug-likeness (QED) is 0.456. The van der Waals surface area contributed by atoms with E-state index in [0.717, 1.165) is 17.4 Å². The maximum absolute atomic E-state index is 13.1. The molecule has 2 aromatic rings. The van der Waals surface area contributed by atoms with Crippen molar-refractivity contribution in [1.29, 1.82) is 0 Å². The third-order valence-electron chi connectivity index (χ3n) is 4.78. The van der Waals surface area contributed by atoms with Crippen LogP contribution in [0.15, 0.2) is 48.5 Å². The molecule has 0 amide bonds. The molecule has 0 saturated carbocycles. The molecule has 32 heavy (non-hydrogen) atoms. The van der Waals surface area contributed by atoms with Crippen LogP contribution in [0.1, 0.15) is 25.0 Å². The second-order valence-corrected chi connectivity index (χ2v) is 9.49. The molecule has 0 heterocycles. The average molecular weight is 475 g/mol. The Balaban J connectivity index is 2.03. The molecule has 0 radical (unpaired) electrons. The Hall–Kier alpha value is -2.27. The number of aliphatic hydroxyl groups excluding tert-OH is 2. The number of rotatable bonds is 12. The molecule has 0 aliphatic heterocycles. The van der Waals surface area contributed by atoms with Gasteiger partial charge < -0.3 is 19.7 Å². The van der Waals surface area contributed by atoms with Crippen molar-refractivity contribution in [2.75, 3.05) is 32.7 Å². The van der Waals surface area contributed by atoms with Crippen molar-refractivity contribution in [2.24, 2.45) is 0 Å². The number of aliphatic hydroxyl groups is 2. The molecule has 7 nitrogen and oxygen atoms in total. The Kier molecular flexibility index (Phi) is 8.58. The second-order valence-electron chi connectivity index (χ2n) is 7.89. The lowest BCUT2D eigenvalue weighted by molar-refractivity contribution is -0.0801. The van der Waals surface area contributed by atoms with Gasteiger partial charge in [0.1, 0.15) is 30.8 Å². The molecule has 2 aromatic carbocycles. The fourth-order valence-electron chi connectivity index (χ4n) is 2.88. The zero-order chi connectivity index (χ0) is 24.0. The normalized spacial score (nSPS) is 13.6. The highest BCUT2D eigenvalue weighted by Gasteiger charge is 2.29. The summed E-state index contributed by atoms with van der Waals surface area (Å²) in [6.45, 7) is 1.18. The predicted molar refractivity (Wildman–Crippen MR) is 115 cm³/mol. The second kappa shape index (κ2) is 10.6. The van der Waals surface area contributed by atoms with Crippen molar-refractivity contribution in [3.05, 3.63) is 59.7 Å². The highest BCUT2D eigenvalue weighted by molar-refractivity contribution is 7.86. The molecule has 178 valence electrons. The van der Waals surface area contributed by atoms with Crippen LogP contribution in [0.3, 0.4) is 0 Å². The standard InChI is InChI=1S/C22H28F2O7S/c1-21(2,17-6-10-19(11-7-17)30-15-22(23,24)14-26)16-4-8-18(9-5-16)29-13-20(12-25)31-32(3,27)28/h4-11,20,25-26H,12-15H2,1-3H3. The van der Waals surface area contributed by atoms with E-state index in [-0.39, 0.29) is 12.4 Å². The molecule has 0 bridgehead atoms. The Labute approximate surface area is 186 Å². The highest BCUT2D eigenvalue weighted by Crippen LogP contribution is 2.33. The van der Waals surface area contributed by atoms with Gasteiger partial charge in [-0.25, -0.2) is 8.78 Å². The predicted octanol–water partition coefficient (Wildman–Crippen LogP) is 2.73. The number of halogens is 2. The van der Waals surface area contributed by atoms with Gasteiger partial charge in [-0.3, -0.25) is 4.18 Å². The highest BCUT2D eigenvalue weighted by atomic mass is 32.2. The number of ether oxygens (including phenoxy) is 2. The fraction of sp³-hybridized carbons (Fsp3) is 0.455. The molecule has 0 fully saturated rings. The molecule has 2 rings (SSSR count). The smallest absolute Gasteiger partial charge is 0.303 e. The summed E-state index contributed by atoms with van der Waals surface area (Å²) in [5.41, 5.74) is 1.46. The maximum atomic E-state index is 13.1. The van der Waals surface area contributed by atoms with E-state index < -0.39 is 47.4 Å². The van der Waals surface area contributed by atoms with Gasteiger partial charge in [0.15, 0.2) is 6.61 Å². The van der Waals surface area contributed by atoms with Crippen LogP contribution in [0.25, 0.3) is 0 Å². The minimum Gasteiger partial charge on any atom is -0.491 e. The Bertz CT molecular complexity index is 959. The van der Waals surface area contributed by atoms with Gasteiger partial charge in [0, 0.05) is 5.41 Å². The molecule has 1 unspecified atom stereocenters. The van der Waals surface area contributed by atoms with Crippen molar-refractivity contribution in [3.63, 3.8) is 0 Å². The van der Waals surface area contributed by atoms with Crippen molar-refractivity contribution < 1.29 is 41.1 Å². The van der Waals surface area contributed by atoms with Crippen molar-refractivity contribution in [3.8, 4) is 11.5 Å². The minimum atomic E-state index is -3.71. The maximum Gasteiger partial charge on any atom is 0.303 e. The molecule has 0 aromatic heterocycles. The molecule has 0 aliphatic rings. The van der Waals surface area contributed by atoms with Crippen molar-refractivity contribution in [2.45, 2.75) is 31.3 Å². The Morgan fingerprint density at radius 1 is 0.906 bits per heavy atom. The number of benzene rings is 2. The number of alkyl halides is 2. The van der Waals surface area contributed by atoms with Gasteiger partial charge in [-0.2, -0.15) is 8.42 Å². The van der Waals surface area contributed by atoms with Crippen LogP contribution < -0.4 is 9.47 Å². The van der Waals surface area contributed by atoms with Crippen LogP contribution in [0.2, 0.25) is 0 Å². The van der Waals surface area contributed by atoms with Crippen LogP contribution in [0, 0.1) is 0 Å². The van der Waals surface area contributed by atoms with Gasteiger partial charge >= 0.3 is 5.92 Å². The van der Waals surface area contributed by atoms with E-state index in [0.29, 0.717) is 5.75 Å². The summed E-state index contributed by atoms with van der Waals surface area (Å²) in [4.78, 5) is 0. The first-order chi connectivity index (χ1) is 14.9. The third-order valence-corrected chi connectivity index (χ3v) is 5.41. The topological polar surface area (TPSA) is 102 Å². The summed E-state index contributed by atoms with van der Waals surface area (Å²) in [6, 6.07) is 13.9. The first kappa shape index (κ1) is 26.0. The van der Waals surface area contributed by atoms with Gasteiger partial charge in [0.25, 0.3) is 10.1 Å². The first-order valence-corrected chi connectivity index (χ1v) is 11.6.